The summed E-state index contributed by atoms with van der Waals surface area (Å²) < 4.78 is 0. The van der Waals surface area contributed by atoms with Crippen molar-refractivity contribution >= 4 is 23.1 Å². The summed E-state index contributed by atoms with van der Waals surface area (Å²) in [4.78, 5) is 10.2. The Morgan fingerprint density at radius 3 is 2.62 bits per heavy atom. The zero-order valence-corrected chi connectivity index (χ0v) is 9.10. The summed E-state index contributed by atoms with van der Waals surface area (Å²) >= 11 is 0. The predicted molar refractivity (Wildman–Crippen MR) is 68.3 cm³/mol. The van der Waals surface area contributed by atoms with Gasteiger partial charge in [-0.2, -0.15) is 0 Å². The summed E-state index contributed by atoms with van der Waals surface area (Å²) in [7, 11) is 0. The molecule has 0 fully saturated rings. The quantitative estimate of drug-likeness (QED) is 0.553. The van der Waals surface area contributed by atoms with Gasteiger partial charge >= 0.3 is 0 Å². The molecule has 0 amide bonds. The van der Waals surface area contributed by atoms with Crippen molar-refractivity contribution in [2.75, 3.05) is 0 Å². The van der Waals surface area contributed by atoms with Crippen LogP contribution in [0.25, 0.3) is 16.8 Å². The van der Waals surface area contributed by atoms with E-state index in [1.165, 1.54) is 16.3 Å². The van der Waals surface area contributed by atoms with Gasteiger partial charge in [-0.25, -0.2) is 0 Å². The Labute approximate surface area is 95.4 Å². The minimum Gasteiger partial charge on any atom is -0.303 e. The summed E-state index contributed by atoms with van der Waals surface area (Å²) in [6, 6.07) is 14.6. The Bertz CT molecular complexity index is 506. The summed E-state index contributed by atoms with van der Waals surface area (Å²) in [5.41, 5.74) is 1.21. The average Bonchev–Trinajstić information content (AvgIpc) is 2.35. The van der Waals surface area contributed by atoms with Crippen LogP contribution in [0.1, 0.15) is 18.4 Å². The van der Waals surface area contributed by atoms with Gasteiger partial charge in [0.2, 0.25) is 0 Å². The average molecular weight is 210 g/mol. The van der Waals surface area contributed by atoms with Crippen molar-refractivity contribution < 1.29 is 4.79 Å². The number of hydrogen-bond acceptors (Lipinski definition) is 1. The van der Waals surface area contributed by atoms with Gasteiger partial charge in [-0.05, 0) is 22.8 Å². The standard InChI is InChI=1S/C15H14O/c16-12-5-1-2-7-13-9-6-10-14-8-3-4-11-15(13)14/h2-4,6-12H,1,5H2/b7-2+. The number of allylic oxidation sites excluding steroid dienone is 1. The third-order valence-corrected chi connectivity index (χ3v) is 2.57. The maximum absolute atomic E-state index is 10.2. The van der Waals surface area contributed by atoms with Crippen LogP contribution in [-0.2, 0) is 4.79 Å². The van der Waals surface area contributed by atoms with Crippen LogP contribution in [0.4, 0.5) is 0 Å². The Kier molecular flexibility index (Phi) is 3.50. The molecule has 0 saturated heterocycles. The molecule has 0 aliphatic carbocycles. The van der Waals surface area contributed by atoms with Crippen LogP contribution in [0.15, 0.2) is 48.5 Å². The highest BCUT2D eigenvalue weighted by molar-refractivity contribution is 5.90. The lowest BCUT2D eigenvalue weighted by Crippen LogP contribution is -1.77. The molecule has 0 atom stereocenters. The first-order valence-electron chi connectivity index (χ1n) is 5.50. The monoisotopic (exact) mass is 210 g/mol. The number of fused-ring (bicyclic) bond motifs is 1. The highest BCUT2D eigenvalue weighted by atomic mass is 16.1. The maximum Gasteiger partial charge on any atom is 0.120 e. The minimum atomic E-state index is 0.598. The van der Waals surface area contributed by atoms with Crippen LogP contribution >= 0.6 is 0 Å². The third-order valence-electron chi connectivity index (χ3n) is 2.57. The van der Waals surface area contributed by atoms with Crippen molar-refractivity contribution in [1.29, 1.82) is 0 Å². The van der Waals surface area contributed by atoms with Crippen LogP contribution < -0.4 is 0 Å². The Morgan fingerprint density at radius 2 is 1.75 bits per heavy atom. The van der Waals surface area contributed by atoms with E-state index in [2.05, 4.69) is 42.5 Å². The van der Waals surface area contributed by atoms with E-state index in [-0.39, 0.29) is 0 Å². The first kappa shape index (κ1) is 10.6. The molecule has 2 aromatic carbocycles. The van der Waals surface area contributed by atoms with E-state index in [0.717, 1.165) is 12.7 Å². The fraction of sp³-hybridized carbons (Fsp3) is 0.133. The Hall–Kier alpha value is -1.89. The molecule has 0 bridgehead atoms. The molecule has 1 heteroatoms. The number of carbonyl (C=O) groups excluding carboxylic acids is 1. The normalized spacial score (nSPS) is 11.0. The van der Waals surface area contributed by atoms with Crippen LogP contribution in [0.5, 0.6) is 0 Å². The smallest absolute Gasteiger partial charge is 0.120 e. The molecule has 2 aromatic rings. The van der Waals surface area contributed by atoms with E-state index in [1.54, 1.807) is 0 Å². The van der Waals surface area contributed by atoms with Gasteiger partial charge in [-0.1, -0.05) is 54.6 Å². The molecule has 0 spiro atoms. The van der Waals surface area contributed by atoms with Crippen molar-refractivity contribution in [3.05, 3.63) is 54.1 Å². The number of rotatable bonds is 4. The second-order valence-electron chi connectivity index (χ2n) is 3.71. The largest absolute Gasteiger partial charge is 0.303 e. The van der Waals surface area contributed by atoms with E-state index >= 15 is 0 Å². The molecule has 0 radical (unpaired) electrons. The molecule has 0 heterocycles. The van der Waals surface area contributed by atoms with Crippen molar-refractivity contribution in [1.82, 2.24) is 0 Å². The first-order valence-corrected chi connectivity index (χ1v) is 5.50. The number of carbonyl (C=O) groups is 1. The first-order chi connectivity index (χ1) is 7.92. The van der Waals surface area contributed by atoms with E-state index in [4.69, 9.17) is 0 Å². The lowest BCUT2D eigenvalue weighted by molar-refractivity contribution is -0.107. The maximum atomic E-state index is 10.2. The van der Waals surface area contributed by atoms with Gasteiger partial charge in [0.15, 0.2) is 0 Å². The van der Waals surface area contributed by atoms with Crippen LogP contribution in [-0.4, -0.2) is 6.29 Å². The lowest BCUT2D eigenvalue weighted by atomic mass is 10.0. The highest BCUT2D eigenvalue weighted by Crippen LogP contribution is 2.19. The number of aldehydes is 1. The second-order valence-corrected chi connectivity index (χ2v) is 3.71. The van der Waals surface area contributed by atoms with Crippen LogP contribution in [0.3, 0.4) is 0 Å². The molecular formula is C15H14O. The van der Waals surface area contributed by atoms with E-state index in [1.807, 2.05) is 12.1 Å². The third kappa shape index (κ3) is 2.37. The summed E-state index contributed by atoms with van der Waals surface area (Å²) in [6.07, 6.45) is 6.50. The Balaban J connectivity index is 2.30. The van der Waals surface area contributed by atoms with Crippen molar-refractivity contribution in [3.8, 4) is 0 Å². The van der Waals surface area contributed by atoms with Gasteiger partial charge in [0.1, 0.15) is 6.29 Å². The number of hydrogen-bond donors (Lipinski definition) is 0. The van der Waals surface area contributed by atoms with Crippen molar-refractivity contribution in [2.24, 2.45) is 0 Å². The molecule has 0 aliphatic rings. The second kappa shape index (κ2) is 5.26. The highest BCUT2D eigenvalue weighted by Gasteiger charge is 1.95. The molecule has 0 N–H and O–H groups in total. The van der Waals surface area contributed by atoms with Gasteiger partial charge in [0.25, 0.3) is 0 Å². The fourth-order valence-corrected chi connectivity index (χ4v) is 1.77. The van der Waals surface area contributed by atoms with Gasteiger partial charge in [-0.3, -0.25) is 0 Å². The zero-order chi connectivity index (χ0) is 11.2. The topological polar surface area (TPSA) is 17.1 Å². The summed E-state index contributed by atoms with van der Waals surface area (Å²) in [5.74, 6) is 0. The number of unbranched alkanes of at least 4 members (excludes halogenated alkanes) is 1. The summed E-state index contributed by atoms with van der Waals surface area (Å²) in [5, 5.41) is 2.51. The predicted octanol–water partition coefficient (Wildman–Crippen LogP) is 3.83. The molecule has 0 aromatic heterocycles. The van der Waals surface area contributed by atoms with Crippen LogP contribution in [0, 0.1) is 0 Å². The molecule has 80 valence electrons. The number of benzene rings is 2. The van der Waals surface area contributed by atoms with Crippen molar-refractivity contribution in [3.63, 3.8) is 0 Å². The van der Waals surface area contributed by atoms with Gasteiger partial charge < -0.3 is 4.79 Å². The lowest BCUT2D eigenvalue weighted by Gasteiger charge is -2.01. The van der Waals surface area contributed by atoms with E-state index < -0.39 is 0 Å². The van der Waals surface area contributed by atoms with Gasteiger partial charge in [0.05, 0.1) is 0 Å². The molecule has 16 heavy (non-hydrogen) atoms. The molecular weight excluding hydrogens is 196 g/mol. The molecule has 2 rings (SSSR count). The van der Waals surface area contributed by atoms with E-state index in [9.17, 15) is 4.79 Å². The minimum absolute atomic E-state index is 0.598. The molecule has 0 saturated carbocycles. The molecule has 0 unspecified atom stereocenters. The zero-order valence-electron chi connectivity index (χ0n) is 9.10. The van der Waals surface area contributed by atoms with Gasteiger partial charge in [-0.15, -0.1) is 0 Å². The van der Waals surface area contributed by atoms with Crippen LogP contribution in [0.2, 0.25) is 0 Å². The van der Waals surface area contributed by atoms with E-state index in [0.29, 0.717) is 6.42 Å². The Morgan fingerprint density at radius 1 is 0.938 bits per heavy atom. The SMILES string of the molecule is O=CCC/C=C/c1cccc2ccccc12. The fourth-order valence-electron chi connectivity index (χ4n) is 1.77. The molecule has 0 aliphatic heterocycles. The van der Waals surface area contributed by atoms with Crippen molar-refractivity contribution in [2.45, 2.75) is 12.8 Å². The summed E-state index contributed by atoms with van der Waals surface area (Å²) in [6.45, 7) is 0. The van der Waals surface area contributed by atoms with Gasteiger partial charge in [0, 0.05) is 6.42 Å². The molecule has 1 nitrogen and oxygen atoms in total.